The van der Waals surface area contributed by atoms with Crippen molar-refractivity contribution in [3.05, 3.63) is 204 Å². The van der Waals surface area contributed by atoms with Crippen molar-refractivity contribution in [1.29, 1.82) is 0 Å². The van der Waals surface area contributed by atoms with Crippen LogP contribution in [0, 0.1) is 13.8 Å². The molecule has 310 valence electrons. The summed E-state index contributed by atoms with van der Waals surface area (Å²) in [5.74, 6) is 0. The van der Waals surface area contributed by atoms with Crippen molar-refractivity contribution < 1.29 is 0 Å². The van der Waals surface area contributed by atoms with Gasteiger partial charge in [0.1, 0.15) is 0 Å². The van der Waals surface area contributed by atoms with E-state index in [2.05, 4.69) is 204 Å². The third kappa shape index (κ3) is 10.4. The molecule has 0 amide bonds. The predicted molar refractivity (Wildman–Crippen MR) is 270 cm³/mol. The molecule has 0 unspecified atom stereocenters. The van der Waals surface area contributed by atoms with E-state index in [0.29, 0.717) is 0 Å². The minimum Gasteiger partial charge on any atom is -0.309 e. The van der Waals surface area contributed by atoms with Crippen LogP contribution < -0.4 is 0 Å². The smallest absolute Gasteiger partial charge is 0.0547 e. The summed E-state index contributed by atoms with van der Waals surface area (Å²) in [4.78, 5) is 0. The maximum atomic E-state index is 2.38. The first-order chi connectivity index (χ1) is 29.3. The van der Waals surface area contributed by atoms with Crippen LogP contribution in [0.1, 0.15) is 104 Å². The second-order valence-electron chi connectivity index (χ2n) is 14.8. The molecular formula is C59H69N. The van der Waals surface area contributed by atoms with Crippen LogP contribution in [-0.2, 0) is 5.41 Å². The number of para-hydroxylation sites is 1. The first-order valence-electron chi connectivity index (χ1n) is 22.4. The van der Waals surface area contributed by atoms with Gasteiger partial charge < -0.3 is 4.57 Å². The van der Waals surface area contributed by atoms with E-state index in [1.54, 1.807) is 5.57 Å². The zero-order valence-electron chi connectivity index (χ0n) is 38.6. The van der Waals surface area contributed by atoms with Gasteiger partial charge in [0, 0.05) is 21.9 Å². The number of allylic oxidation sites excluding steroid dienone is 4. The molecule has 0 atom stereocenters. The van der Waals surface area contributed by atoms with Gasteiger partial charge in [-0.15, -0.1) is 0 Å². The average molecular weight is 792 g/mol. The molecule has 0 saturated carbocycles. The fourth-order valence-electron chi connectivity index (χ4n) is 8.12. The maximum Gasteiger partial charge on any atom is 0.0547 e. The highest BCUT2D eigenvalue weighted by Crippen LogP contribution is 2.48. The third-order valence-electron chi connectivity index (χ3n) is 10.8. The molecule has 0 radical (unpaired) electrons. The topological polar surface area (TPSA) is 4.93 Å². The van der Waals surface area contributed by atoms with E-state index in [4.69, 9.17) is 0 Å². The Hall–Kier alpha value is -5.92. The lowest BCUT2D eigenvalue weighted by Crippen LogP contribution is -2.16. The SMILES string of the molecule is CC.CC.CC.CC/C=C\C1=C(CC)C(C)(C)c2cc(C)ccc21.Cc1ccccc1.c1ccc(-c2ccc(-n3c4ccccc4c4c5ccccc5ccc43)cc2)cc1. The molecule has 0 spiro atoms. The van der Waals surface area contributed by atoms with Crippen LogP contribution in [0.4, 0.5) is 0 Å². The quantitative estimate of drug-likeness (QED) is 0.164. The third-order valence-corrected chi connectivity index (χ3v) is 10.8. The number of aryl methyl sites for hydroxylation is 2. The first-order valence-corrected chi connectivity index (χ1v) is 22.4. The Kier molecular flexibility index (Phi) is 17.9. The van der Waals surface area contributed by atoms with E-state index < -0.39 is 0 Å². The van der Waals surface area contributed by atoms with Gasteiger partial charge in [-0.2, -0.15) is 0 Å². The van der Waals surface area contributed by atoms with E-state index in [9.17, 15) is 0 Å². The van der Waals surface area contributed by atoms with Crippen molar-refractivity contribution in [3.8, 4) is 16.8 Å². The Bertz CT molecular complexity index is 2580. The van der Waals surface area contributed by atoms with Gasteiger partial charge in [-0.05, 0) is 89.6 Å². The molecule has 60 heavy (non-hydrogen) atoms. The largest absolute Gasteiger partial charge is 0.309 e. The van der Waals surface area contributed by atoms with Gasteiger partial charge >= 0.3 is 0 Å². The van der Waals surface area contributed by atoms with Crippen LogP contribution in [0.5, 0.6) is 0 Å². The molecular weight excluding hydrogens is 723 g/mol. The Morgan fingerprint density at radius 3 is 1.68 bits per heavy atom. The van der Waals surface area contributed by atoms with Crippen molar-refractivity contribution in [2.75, 3.05) is 0 Å². The van der Waals surface area contributed by atoms with E-state index in [1.165, 1.54) is 77.2 Å². The molecule has 0 bridgehead atoms. The number of aromatic nitrogens is 1. The van der Waals surface area contributed by atoms with Crippen molar-refractivity contribution >= 4 is 38.2 Å². The summed E-state index contributed by atoms with van der Waals surface area (Å²) in [6.45, 7) is 25.4. The fraction of sp³-hybridized carbons (Fsp3) is 0.254. The molecule has 1 aromatic heterocycles. The van der Waals surface area contributed by atoms with Crippen LogP contribution >= 0.6 is 0 Å². The molecule has 0 N–H and O–H groups in total. The molecule has 0 fully saturated rings. The van der Waals surface area contributed by atoms with E-state index >= 15 is 0 Å². The summed E-state index contributed by atoms with van der Waals surface area (Å²) in [6, 6.07) is 58.4. The summed E-state index contributed by atoms with van der Waals surface area (Å²) in [5, 5.41) is 5.21. The summed E-state index contributed by atoms with van der Waals surface area (Å²) in [7, 11) is 0. The van der Waals surface area contributed by atoms with E-state index in [1.807, 2.05) is 59.7 Å². The summed E-state index contributed by atoms with van der Waals surface area (Å²) >= 11 is 0. The second-order valence-corrected chi connectivity index (χ2v) is 14.8. The Labute approximate surface area is 363 Å². The van der Waals surface area contributed by atoms with Crippen LogP contribution in [-0.4, -0.2) is 4.57 Å². The number of benzene rings is 7. The Morgan fingerprint density at radius 1 is 0.517 bits per heavy atom. The van der Waals surface area contributed by atoms with Gasteiger partial charge in [-0.3, -0.25) is 0 Å². The van der Waals surface area contributed by atoms with Crippen molar-refractivity contribution in [2.45, 2.75) is 101 Å². The van der Waals surface area contributed by atoms with Gasteiger partial charge in [0.25, 0.3) is 0 Å². The molecule has 0 aliphatic heterocycles. The van der Waals surface area contributed by atoms with Crippen LogP contribution in [0.15, 0.2) is 182 Å². The Morgan fingerprint density at radius 2 is 1.08 bits per heavy atom. The van der Waals surface area contributed by atoms with Crippen molar-refractivity contribution in [1.82, 2.24) is 4.57 Å². The van der Waals surface area contributed by atoms with Gasteiger partial charge in [0.2, 0.25) is 0 Å². The summed E-state index contributed by atoms with van der Waals surface area (Å²) in [5.41, 5.74) is 15.0. The zero-order valence-corrected chi connectivity index (χ0v) is 38.6. The van der Waals surface area contributed by atoms with Crippen LogP contribution in [0.25, 0.3) is 55.0 Å². The highest BCUT2D eigenvalue weighted by atomic mass is 15.0. The van der Waals surface area contributed by atoms with E-state index in [0.717, 1.165) is 12.8 Å². The minimum atomic E-state index is 0.184. The first kappa shape index (κ1) is 46.8. The number of hydrogen-bond acceptors (Lipinski definition) is 0. The molecule has 1 nitrogen and oxygen atoms in total. The van der Waals surface area contributed by atoms with E-state index in [-0.39, 0.29) is 5.41 Å². The van der Waals surface area contributed by atoms with Crippen molar-refractivity contribution in [3.63, 3.8) is 0 Å². The van der Waals surface area contributed by atoms with Gasteiger partial charge in [0.05, 0.1) is 11.0 Å². The average Bonchev–Trinajstić information content (AvgIpc) is 3.76. The molecule has 1 heteroatoms. The molecule has 1 aliphatic rings. The number of nitrogens with zero attached hydrogens (tertiary/aromatic N) is 1. The number of fused-ring (bicyclic) bond motifs is 6. The maximum absolute atomic E-state index is 2.38. The zero-order chi connectivity index (χ0) is 43.7. The molecule has 7 aromatic carbocycles. The second kappa shape index (κ2) is 23.0. The van der Waals surface area contributed by atoms with Gasteiger partial charge in [0.15, 0.2) is 0 Å². The summed E-state index contributed by atoms with van der Waals surface area (Å²) in [6.07, 6.45) is 6.82. The molecule has 8 aromatic rings. The monoisotopic (exact) mass is 792 g/mol. The molecule has 1 heterocycles. The Balaban J connectivity index is 0.000000218. The number of hydrogen-bond donors (Lipinski definition) is 0. The minimum absolute atomic E-state index is 0.184. The standard InChI is InChI=1S/C28H19N.C18H24.C7H8.3C2H6/c1-2-8-20(9-3-1)21-14-17-23(18-15-21)29-26-13-7-6-12-25(26)28-24-11-5-4-10-22(24)16-19-27(28)29;1-6-8-9-14-15-11-10-13(3)12-17(15)18(4,5)16(14)7-2;1-7-5-3-2-4-6-7;3*1-2/h1-19H;8-12H,6-7H2,1-5H3;2-6H,1H3;3*1-2H3/b;9-8-;;;;. The highest BCUT2D eigenvalue weighted by molar-refractivity contribution is 6.21. The fourth-order valence-corrected chi connectivity index (χ4v) is 8.12. The summed E-state index contributed by atoms with van der Waals surface area (Å²) < 4.78 is 2.38. The lowest BCUT2D eigenvalue weighted by Gasteiger charge is -2.24. The molecule has 1 aliphatic carbocycles. The normalized spacial score (nSPS) is 12.1. The molecule has 9 rings (SSSR count). The van der Waals surface area contributed by atoms with Gasteiger partial charge in [-0.25, -0.2) is 0 Å². The van der Waals surface area contributed by atoms with Crippen LogP contribution in [0.3, 0.4) is 0 Å². The lowest BCUT2D eigenvalue weighted by molar-refractivity contribution is 0.617. The van der Waals surface area contributed by atoms with Crippen LogP contribution in [0.2, 0.25) is 0 Å². The number of rotatable bonds is 5. The lowest BCUT2D eigenvalue weighted by atomic mass is 9.80. The van der Waals surface area contributed by atoms with Gasteiger partial charge in [-0.1, -0.05) is 238 Å². The molecule has 0 saturated heterocycles. The highest BCUT2D eigenvalue weighted by Gasteiger charge is 2.35. The predicted octanol–water partition coefficient (Wildman–Crippen LogP) is 18.1. The van der Waals surface area contributed by atoms with Crippen molar-refractivity contribution in [2.24, 2.45) is 0 Å².